The molecule has 0 aliphatic rings. The number of nitrogens with zero attached hydrogens (tertiary/aromatic N) is 1. The molecule has 0 saturated heterocycles. The molecule has 1 N–H and O–H groups in total. The lowest BCUT2D eigenvalue weighted by molar-refractivity contribution is 0.0643. The topological polar surface area (TPSA) is 23.5 Å². The van der Waals surface area contributed by atoms with Crippen LogP contribution < -0.4 is 0 Å². The van der Waals surface area contributed by atoms with Gasteiger partial charge in [-0.3, -0.25) is 4.90 Å². The van der Waals surface area contributed by atoms with Crippen LogP contribution in [0.4, 0.5) is 0 Å². The van der Waals surface area contributed by atoms with Crippen LogP contribution >= 0.6 is 0 Å². The van der Waals surface area contributed by atoms with Crippen LogP contribution in [0.2, 0.25) is 0 Å². The van der Waals surface area contributed by atoms with Crippen molar-refractivity contribution < 1.29 is 5.11 Å². The first-order valence-electron chi connectivity index (χ1n) is 7.61. The Morgan fingerprint density at radius 2 is 1.45 bits per heavy atom. The zero-order valence-electron chi connectivity index (χ0n) is 13.4. The predicted octanol–water partition coefficient (Wildman–Crippen LogP) is 3.48. The van der Waals surface area contributed by atoms with Gasteiger partial charge in [0, 0.05) is 11.6 Å². The van der Waals surface area contributed by atoms with E-state index in [0.29, 0.717) is 0 Å². The number of likely N-dealkylation sites (N-methyl/N-ethyl adjacent to an activating group) is 1. The third-order valence-corrected chi connectivity index (χ3v) is 4.05. The summed E-state index contributed by atoms with van der Waals surface area (Å²) in [5.41, 5.74) is 1.95. The Morgan fingerprint density at radius 3 is 2.05 bits per heavy atom. The van der Waals surface area contributed by atoms with Crippen LogP contribution in [0, 0.1) is 11.8 Å². The van der Waals surface area contributed by atoms with E-state index in [1.807, 2.05) is 74.6 Å². The third-order valence-electron chi connectivity index (χ3n) is 4.05. The zero-order valence-corrected chi connectivity index (χ0v) is 13.4. The van der Waals surface area contributed by atoms with E-state index in [2.05, 4.69) is 23.7 Å². The van der Waals surface area contributed by atoms with Crippen LogP contribution in [-0.2, 0) is 0 Å². The molecule has 0 aliphatic heterocycles. The molecule has 0 aliphatic carbocycles. The molecule has 22 heavy (non-hydrogen) atoms. The Hall–Kier alpha value is -2.08. The largest absolute Gasteiger partial charge is 0.387 e. The highest BCUT2D eigenvalue weighted by molar-refractivity contribution is 5.34. The van der Waals surface area contributed by atoms with Crippen LogP contribution in [0.5, 0.6) is 0 Å². The fourth-order valence-corrected chi connectivity index (χ4v) is 2.32. The summed E-state index contributed by atoms with van der Waals surface area (Å²) >= 11 is 0. The Balaban J connectivity index is 2.04. The highest BCUT2D eigenvalue weighted by Gasteiger charge is 2.22. The first kappa shape index (κ1) is 16.3. The summed E-state index contributed by atoms with van der Waals surface area (Å²) in [4.78, 5) is 2.10. The Labute approximate surface area is 133 Å². The summed E-state index contributed by atoms with van der Waals surface area (Å²) in [5, 5.41) is 10.5. The molecule has 0 fully saturated rings. The molecular formula is C20H23NO. The van der Waals surface area contributed by atoms with Crippen molar-refractivity contribution in [2.45, 2.75) is 32.0 Å². The molecule has 3 atom stereocenters. The fourth-order valence-electron chi connectivity index (χ4n) is 2.32. The zero-order chi connectivity index (χ0) is 15.9. The third kappa shape index (κ3) is 4.21. The molecule has 0 bridgehead atoms. The van der Waals surface area contributed by atoms with Crippen LogP contribution in [-0.4, -0.2) is 29.1 Å². The molecule has 1 unspecified atom stereocenters. The molecule has 114 valence electrons. The molecule has 0 amide bonds. The average molecular weight is 293 g/mol. The minimum Gasteiger partial charge on any atom is -0.387 e. The van der Waals surface area contributed by atoms with E-state index in [1.165, 1.54) is 0 Å². The second kappa shape index (κ2) is 7.79. The maximum atomic E-state index is 10.5. The lowest BCUT2D eigenvalue weighted by atomic mass is 10.0. The molecule has 0 aromatic heterocycles. The number of aliphatic hydroxyl groups excluding tert-OH is 1. The number of rotatable bonds is 4. The minimum absolute atomic E-state index is 0.0116. The molecule has 0 saturated carbocycles. The van der Waals surface area contributed by atoms with Gasteiger partial charge in [0.05, 0.1) is 12.1 Å². The van der Waals surface area contributed by atoms with Crippen LogP contribution in [0.3, 0.4) is 0 Å². The van der Waals surface area contributed by atoms with E-state index in [9.17, 15) is 5.11 Å². The molecule has 0 heterocycles. The summed E-state index contributed by atoms with van der Waals surface area (Å²) in [6.07, 6.45) is -0.521. The summed E-state index contributed by atoms with van der Waals surface area (Å²) in [6, 6.07) is 19.8. The van der Waals surface area contributed by atoms with E-state index in [1.54, 1.807) is 0 Å². The van der Waals surface area contributed by atoms with Gasteiger partial charge >= 0.3 is 0 Å². The maximum Gasteiger partial charge on any atom is 0.0942 e. The van der Waals surface area contributed by atoms with Gasteiger partial charge < -0.3 is 5.11 Å². The van der Waals surface area contributed by atoms with E-state index in [0.717, 1.165) is 11.1 Å². The van der Waals surface area contributed by atoms with Crippen molar-refractivity contribution in [3.05, 3.63) is 71.8 Å². The number of hydrogen-bond donors (Lipinski definition) is 1. The van der Waals surface area contributed by atoms with Gasteiger partial charge in [-0.15, -0.1) is 0 Å². The van der Waals surface area contributed by atoms with Crippen LogP contribution in [0.15, 0.2) is 60.7 Å². The van der Waals surface area contributed by atoms with Gasteiger partial charge in [-0.1, -0.05) is 60.4 Å². The molecule has 2 rings (SSSR count). The fraction of sp³-hybridized carbons (Fsp3) is 0.300. The van der Waals surface area contributed by atoms with Gasteiger partial charge in [0.25, 0.3) is 0 Å². The summed E-state index contributed by atoms with van der Waals surface area (Å²) in [5.74, 6) is 6.44. The summed E-state index contributed by atoms with van der Waals surface area (Å²) < 4.78 is 0. The molecule has 2 aromatic rings. The summed E-state index contributed by atoms with van der Waals surface area (Å²) in [6.45, 7) is 4.09. The molecular weight excluding hydrogens is 270 g/mol. The van der Waals surface area contributed by atoms with Gasteiger partial charge in [0.15, 0.2) is 0 Å². The first-order chi connectivity index (χ1) is 10.6. The van der Waals surface area contributed by atoms with Gasteiger partial charge in [-0.05, 0) is 38.6 Å². The van der Waals surface area contributed by atoms with E-state index in [4.69, 9.17) is 0 Å². The molecule has 2 nitrogen and oxygen atoms in total. The second-order valence-electron chi connectivity index (χ2n) is 5.57. The second-order valence-corrected chi connectivity index (χ2v) is 5.57. The summed E-state index contributed by atoms with van der Waals surface area (Å²) in [7, 11) is 2.00. The predicted molar refractivity (Wildman–Crippen MR) is 91.4 cm³/mol. The van der Waals surface area contributed by atoms with Gasteiger partial charge in [-0.2, -0.15) is 0 Å². The van der Waals surface area contributed by atoms with Gasteiger partial charge in [0.2, 0.25) is 0 Å². The van der Waals surface area contributed by atoms with E-state index in [-0.39, 0.29) is 12.1 Å². The molecule has 2 aromatic carbocycles. The maximum absolute atomic E-state index is 10.5. The van der Waals surface area contributed by atoms with Crippen molar-refractivity contribution in [2.75, 3.05) is 7.05 Å². The van der Waals surface area contributed by atoms with Crippen molar-refractivity contribution in [2.24, 2.45) is 0 Å². The van der Waals surface area contributed by atoms with Crippen LogP contribution in [0.1, 0.15) is 31.1 Å². The smallest absolute Gasteiger partial charge is 0.0942 e. The Bertz CT molecular complexity index is 627. The normalized spacial score (nSPS) is 14.8. The Kier molecular flexibility index (Phi) is 5.77. The Morgan fingerprint density at radius 1 is 0.909 bits per heavy atom. The standard InChI is InChI=1S/C20H23NO/c1-16(14-15-18-10-6-4-7-11-18)21(3)17(2)20(22)19-12-8-5-9-13-19/h4-13,16-17,20,22H,1-3H3/t16?,17-,20-/m0/s1. The monoisotopic (exact) mass is 293 g/mol. The van der Waals surface area contributed by atoms with E-state index >= 15 is 0 Å². The highest BCUT2D eigenvalue weighted by Crippen LogP contribution is 2.20. The molecule has 0 spiro atoms. The molecule has 0 radical (unpaired) electrons. The van der Waals surface area contributed by atoms with Crippen molar-refractivity contribution in [3.63, 3.8) is 0 Å². The number of hydrogen-bond acceptors (Lipinski definition) is 2. The van der Waals surface area contributed by atoms with Crippen molar-refractivity contribution in [1.82, 2.24) is 4.90 Å². The number of aliphatic hydroxyl groups is 1. The van der Waals surface area contributed by atoms with Crippen LogP contribution in [0.25, 0.3) is 0 Å². The van der Waals surface area contributed by atoms with E-state index < -0.39 is 6.10 Å². The lowest BCUT2D eigenvalue weighted by Crippen LogP contribution is -2.39. The average Bonchev–Trinajstić information content (AvgIpc) is 2.59. The first-order valence-corrected chi connectivity index (χ1v) is 7.61. The van der Waals surface area contributed by atoms with Gasteiger partial charge in [0.1, 0.15) is 0 Å². The molecule has 2 heteroatoms. The van der Waals surface area contributed by atoms with Crippen molar-refractivity contribution in [3.8, 4) is 11.8 Å². The quantitative estimate of drug-likeness (QED) is 0.872. The minimum atomic E-state index is -0.521. The lowest BCUT2D eigenvalue weighted by Gasteiger charge is -2.31. The number of benzene rings is 2. The van der Waals surface area contributed by atoms with Crippen molar-refractivity contribution in [1.29, 1.82) is 0 Å². The SMILES string of the molecule is CC(C#Cc1ccccc1)N(C)[C@@H](C)[C@H](O)c1ccccc1. The van der Waals surface area contributed by atoms with Gasteiger partial charge in [-0.25, -0.2) is 0 Å². The van der Waals surface area contributed by atoms with Crippen molar-refractivity contribution >= 4 is 0 Å². The highest BCUT2D eigenvalue weighted by atomic mass is 16.3.